The van der Waals surface area contributed by atoms with Gasteiger partial charge in [0.25, 0.3) is 0 Å². The van der Waals surface area contributed by atoms with E-state index in [1.54, 1.807) is 6.07 Å². The van der Waals surface area contributed by atoms with Crippen molar-refractivity contribution < 1.29 is 19.1 Å². The first-order valence-corrected chi connectivity index (χ1v) is 6.84. The second kappa shape index (κ2) is 6.83. The standard InChI is InChI=1S/C16H19NO4/c1-11(2)10-20-14-6-4-3-5-13(14)17-9-12-7-8-15(21-12)16(18)19/h3-8,11,17H,9-10H2,1-2H3,(H,18,19). The summed E-state index contributed by atoms with van der Waals surface area (Å²) in [6.07, 6.45) is 0. The Hall–Kier alpha value is -2.43. The third-order valence-electron chi connectivity index (χ3n) is 2.78. The molecule has 0 atom stereocenters. The highest BCUT2D eigenvalue weighted by Crippen LogP contribution is 2.25. The van der Waals surface area contributed by atoms with E-state index < -0.39 is 5.97 Å². The number of benzene rings is 1. The number of carboxylic acids is 1. The lowest BCUT2D eigenvalue weighted by molar-refractivity contribution is 0.0660. The number of ether oxygens (including phenoxy) is 1. The molecule has 5 nitrogen and oxygen atoms in total. The number of para-hydroxylation sites is 2. The highest BCUT2D eigenvalue weighted by Gasteiger charge is 2.09. The minimum absolute atomic E-state index is 0.0591. The molecule has 0 fully saturated rings. The molecule has 0 unspecified atom stereocenters. The van der Waals surface area contributed by atoms with Gasteiger partial charge in [-0.25, -0.2) is 4.79 Å². The summed E-state index contributed by atoms with van der Waals surface area (Å²) >= 11 is 0. The normalized spacial score (nSPS) is 10.6. The van der Waals surface area contributed by atoms with Crippen molar-refractivity contribution in [2.75, 3.05) is 11.9 Å². The van der Waals surface area contributed by atoms with Gasteiger partial charge in [-0.15, -0.1) is 0 Å². The summed E-state index contributed by atoms with van der Waals surface area (Å²) in [7, 11) is 0. The van der Waals surface area contributed by atoms with Crippen LogP contribution in [-0.2, 0) is 6.54 Å². The molecule has 2 aromatic rings. The van der Waals surface area contributed by atoms with Gasteiger partial charge in [0.1, 0.15) is 11.5 Å². The summed E-state index contributed by atoms with van der Waals surface area (Å²) in [5.41, 5.74) is 0.853. The van der Waals surface area contributed by atoms with Crippen molar-refractivity contribution in [2.45, 2.75) is 20.4 Å². The molecular weight excluding hydrogens is 270 g/mol. The molecule has 5 heteroatoms. The van der Waals surface area contributed by atoms with Gasteiger partial charge in [0.05, 0.1) is 18.8 Å². The number of hydrogen-bond acceptors (Lipinski definition) is 4. The van der Waals surface area contributed by atoms with E-state index in [1.807, 2.05) is 24.3 Å². The average Bonchev–Trinajstić information content (AvgIpc) is 2.93. The average molecular weight is 289 g/mol. The van der Waals surface area contributed by atoms with Crippen molar-refractivity contribution in [1.29, 1.82) is 0 Å². The van der Waals surface area contributed by atoms with Crippen LogP contribution in [0.15, 0.2) is 40.8 Å². The minimum atomic E-state index is -1.07. The van der Waals surface area contributed by atoms with E-state index in [0.29, 0.717) is 24.8 Å². The van der Waals surface area contributed by atoms with Crippen LogP contribution in [0, 0.1) is 5.92 Å². The first-order chi connectivity index (χ1) is 10.1. The van der Waals surface area contributed by atoms with Crippen LogP contribution >= 0.6 is 0 Å². The number of nitrogens with one attached hydrogen (secondary N) is 1. The van der Waals surface area contributed by atoms with Crippen molar-refractivity contribution in [3.05, 3.63) is 47.9 Å². The third-order valence-corrected chi connectivity index (χ3v) is 2.78. The Bertz CT molecular complexity index is 604. The van der Waals surface area contributed by atoms with E-state index in [2.05, 4.69) is 19.2 Å². The highest BCUT2D eigenvalue weighted by molar-refractivity contribution is 5.84. The largest absolute Gasteiger partial charge is 0.491 e. The summed E-state index contributed by atoms with van der Waals surface area (Å²) in [4.78, 5) is 10.8. The quantitative estimate of drug-likeness (QED) is 0.814. The maximum Gasteiger partial charge on any atom is 0.371 e. The second-order valence-corrected chi connectivity index (χ2v) is 5.13. The van der Waals surface area contributed by atoms with Gasteiger partial charge in [0.2, 0.25) is 5.76 Å². The van der Waals surface area contributed by atoms with Crippen LogP contribution in [-0.4, -0.2) is 17.7 Å². The first-order valence-electron chi connectivity index (χ1n) is 6.84. The number of hydrogen-bond donors (Lipinski definition) is 2. The topological polar surface area (TPSA) is 71.7 Å². The number of aromatic carboxylic acids is 1. The lowest BCUT2D eigenvalue weighted by atomic mass is 10.2. The maximum absolute atomic E-state index is 10.8. The fraction of sp³-hybridized carbons (Fsp3) is 0.312. The molecule has 2 rings (SSSR count). The fourth-order valence-corrected chi connectivity index (χ4v) is 1.77. The Balaban J connectivity index is 2.00. The summed E-state index contributed by atoms with van der Waals surface area (Å²) < 4.78 is 10.9. The van der Waals surface area contributed by atoms with Crippen LogP contribution in [0.2, 0.25) is 0 Å². The monoisotopic (exact) mass is 289 g/mol. The lowest BCUT2D eigenvalue weighted by Crippen LogP contribution is -2.07. The van der Waals surface area contributed by atoms with Gasteiger partial charge in [0.15, 0.2) is 0 Å². The Kier molecular flexibility index (Phi) is 4.87. The van der Waals surface area contributed by atoms with E-state index in [1.165, 1.54) is 6.07 Å². The van der Waals surface area contributed by atoms with Crippen LogP contribution in [0.3, 0.4) is 0 Å². The van der Waals surface area contributed by atoms with Gasteiger partial charge in [0, 0.05) is 0 Å². The van der Waals surface area contributed by atoms with E-state index in [0.717, 1.165) is 11.4 Å². The predicted octanol–water partition coefficient (Wildman–Crippen LogP) is 3.62. The van der Waals surface area contributed by atoms with Gasteiger partial charge < -0.3 is 19.6 Å². The molecule has 0 aliphatic rings. The number of anilines is 1. The molecule has 0 saturated carbocycles. The smallest absolute Gasteiger partial charge is 0.371 e. The van der Waals surface area contributed by atoms with E-state index in [9.17, 15) is 4.79 Å². The second-order valence-electron chi connectivity index (χ2n) is 5.13. The van der Waals surface area contributed by atoms with Crippen molar-refractivity contribution >= 4 is 11.7 Å². The van der Waals surface area contributed by atoms with Crippen molar-refractivity contribution in [2.24, 2.45) is 5.92 Å². The van der Waals surface area contributed by atoms with Gasteiger partial charge in [-0.1, -0.05) is 26.0 Å². The maximum atomic E-state index is 10.8. The molecule has 0 spiro atoms. The van der Waals surface area contributed by atoms with Crippen molar-refractivity contribution in [3.8, 4) is 5.75 Å². The molecule has 1 aromatic carbocycles. The van der Waals surface area contributed by atoms with Gasteiger partial charge in [-0.3, -0.25) is 0 Å². The zero-order chi connectivity index (χ0) is 15.2. The lowest BCUT2D eigenvalue weighted by Gasteiger charge is -2.13. The Morgan fingerprint density at radius 2 is 2.05 bits per heavy atom. The van der Waals surface area contributed by atoms with E-state index in [4.69, 9.17) is 14.3 Å². The fourth-order valence-electron chi connectivity index (χ4n) is 1.77. The molecule has 0 bridgehead atoms. The third kappa shape index (κ3) is 4.27. The van der Waals surface area contributed by atoms with Gasteiger partial charge >= 0.3 is 5.97 Å². The van der Waals surface area contributed by atoms with Crippen molar-refractivity contribution in [1.82, 2.24) is 0 Å². The van der Waals surface area contributed by atoms with Crippen LogP contribution in [0.5, 0.6) is 5.75 Å². The van der Waals surface area contributed by atoms with Crippen molar-refractivity contribution in [3.63, 3.8) is 0 Å². The van der Waals surface area contributed by atoms with Crippen LogP contribution in [0.25, 0.3) is 0 Å². The molecule has 1 aromatic heterocycles. The number of rotatable bonds is 7. The number of furan rings is 1. The summed E-state index contributed by atoms with van der Waals surface area (Å²) in [5.74, 6) is 0.654. The van der Waals surface area contributed by atoms with E-state index >= 15 is 0 Å². The van der Waals surface area contributed by atoms with Gasteiger partial charge in [-0.2, -0.15) is 0 Å². The molecule has 0 saturated heterocycles. The van der Waals surface area contributed by atoms with Crippen LogP contribution < -0.4 is 10.1 Å². The zero-order valence-corrected chi connectivity index (χ0v) is 12.1. The molecule has 1 heterocycles. The summed E-state index contributed by atoms with van der Waals surface area (Å²) in [6.45, 7) is 5.22. The van der Waals surface area contributed by atoms with Crippen LogP contribution in [0.1, 0.15) is 30.2 Å². The first kappa shape index (κ1) is 15.0. The minimum Gasteiger partial charge on any atom is -0.491 e. The van der Waals surface area contributed by atoms with Gasteiger partial charge in [-0.05, 0) is 30.2 Å². The summed E-state index contributed by atoms with van der Waals surface area (Å²) in [5, 5.41) is 12.0. The number of carbonyl (C=O) groups is 1. The zero-order valence-electron chi connectivity index (χ0n) is 12.1. The molecule has 0 amide bonds. The predicted molar refractivity (Wildman–Crippen MR) is 79.8 cm³/mol. The molecule has 0 aliphatic carbocycles. The van der Waals surface area contributed by atoms with Crippen LogP contribution in [0.4, 0.5) is 5.69 Å². The highest BCUT2D eigenvalue weighted by atomic mass is 16.5. The van der Waals surface area contributed by atoms with E-state index in [-0.39, 0.29) is 5.76 Å². The summed E-state index contributed by atoms with van der Waals surface area (Å²) in [6, 6.07) is 10.7. The molecule has 2 N–H and O–H groups in total. The molecule has 112 valence electrons. The molecular formula is C16H19NO4. The Morgan fingerprint density at radius 1 is 1.29 bits per heavy atom. The molecule has 0 aliphatic heterocycles. The molecule has 21 heavy (non-hydrogen) atoms. The Morgan fingerprint density at radius 3 is 2.71 bits per heavy atom. The SMILES string of the molecule is CC(C)COc1ccccc1NCc1ccc(C(=O)O)o1. The Labute approximate surface area is 123 Å². The molecule has 0 radical (unpaired) electrons. The number of carboxylic acid groups (broad SMARTS) is 1.